The van der Waals surface area contributed by atoms with Crippen LogP contribution in [-0.2, 0) is 16.0 Å². The van der Waals surface area contributed by atoms with Crippen molar-refractivity contribution in [2.75, 3.05) is 13.1 Å². The Hall–Kier alpha value is -1.82. The van der Waals surface area contributed by atoms with Crippen LogP contribution in [0, 0.1) is 5.92 Å². The molecule has 0 aliphatic carbocycles. The molecule has 0 unspecified atom stereocenters. The number of hydrogen-bond donors (Lipinski definition) is 1. The van der Waals surface area contributed by atoms with Crippen LogP contribution in [0.3, 0.4) is 0 Å². The maximum atomic E-state index is 12.0. The number of nitrogens with zero attached hydrogens (tertiary/aromatic N) is 2. The van der Waals surface area contributed by atoms with Gasteiger partial charge in [-0.1, -0.05) is 0 Å². The summed E-state index contributed by atoms with van der Waals surface area (Å²) in [6, 6.07) is 0. The van der Waals surface area contributed by atoms with E-state index in [9.17, 15) is 9.59 Å². The smallest absolute Gasteiger partial charge is 0.315 e. The summed E-state index contributed by atoms with van der Waals surface area (Å²) in [5.74, 6) is 0.00179. The standard InChI is InChI=1S/C14H19N3O3/c1-10(18)2-3-12-8-16-9-13(17-12)20-14(19)11-4-6-15-7-5-11/h8-9,11,15H,2-7H2,1H3. The quantitative estimate of drug-likeness (QED) is 0.805. The summed E-state index contributed by atoms with van der Waals surface area (Å²) < 4.78 is 5.28. The predicted octanol–water partition coefficient (Wildman–Crippen LogP) is 0.903. The Labute approximate surface area is 118 Å². The van der Waals surface area contributed by atoms with Crippen LogP contribution in [0.15, 0.2) is 12.4 Å². The number of piperidine rings is 1. The molecular weight excluding hydrogens is 258 g/mol. The van der Waals surface area contributed by atoms with E-state index >= 15 is 0 Å². The van der Waals surface area contributed by atoms with E-state index in [0.717, 1.165) is 25.9 Å². The Bertz CT molecular complexity index is 484. The van der Waals surface area contributed by atoms with Crippen molar-refractivity contribution in [3.8, 4) is 5.88 Å². The first-order chi connectivity index (χ1) is 9.65. The van der Waals surface area contributed by atoms with Crippen molar-refractivity contribution < 1.29 is 14.3 Å². The van der Waals surface area contributed by atoms with Gasteiger partial charge in [0.15, 0.2) is 0 Å². The zero-order valence-corrected chi connectivity index (χ0v) is 11.6. The van der Waals surface area contributed by atoms with Crippen LogP contribution in [0.5, 0.6) is 5.88 Å². The molecule has 1 aromatic heterocycles. The fraction of sp³-hybridized carbons (Fsp3) is 0.571. The molecule has 0 bridgehead atoms. The van der Waals surface area contributed by atoms with Gasteiger partial charge in [-0.15, -0.1) is 0 Å². The second kappa shape index (κ2) is 7.09. The molecule has 2 heterocycles. The summed E-state index contributed by atoms with van der Waals surface area (Å²) in [4.78, 5) is 31.1. The minimum absolute atomic E-state index is 0.0704. The van der Waals surface area contributed by atoms with Gasteiger partial charge in [0.1, 0.15) is 5.78 Å². The van der Waals surface area contributed by atoms with Crippen molar-refractivity contribution in [1.82, 2.24) is 15.3 Å². The SMILES string of the molecule is CC(=O)CCc1cncc(OC(=O)C2CCNCC2)n1. The van der Waals surface area contributed by atoms with Crippen molar-refractivity contribution in [1.29, 1.82) is 0 Å². The van der Waals surface area contributed by atoms with E-state index in [1.807, 2.05) is 0 Å². The van der Waals surface area contributed by atoms with Crippen molar-refractivity contribution in [2.24, 2.45) is 5.92 Å². The summed E-state index contributed by atoms with van der Waals surface area (Å²) in [6.07, 6.45) is 5.52. The molecule has 0 amide bonds. The molecule has 0 saturated carbocycles. The molecule has 1 aromatic rings. The van der Waals surface area contributed by atoms with Crippen LogP contribution in [0.25, 0.3) is 0 Å². The van der Waals surface area contributed by atoms with Crippen LogP contribution in [0.2, 0.25) is 0 Å². The number of esters is 1. The minimum Gasteiger partial charge on any atom is -0.406 e. The molecule has 0 atom stereocenters. The molecule has 20 heavy (non-hydrogen) atoms. The topological polar surface area (TPSA) is 81.2 Å². The number of hydrogen-bond acceptors (Lipinski definition) is 6. The first kappa shape index (κ1) is 14.6. The van der Waals surface area contributed by atoms with E-state index in [1.165, 1.54) is 13.1 Å². The number of carbonyl (C=O) groups excluding carboxylic acids is 2. The van der Waals surface area contributed by atoms with Gasteiger partial charge in [0, 0.05) is 12.6 Å². The lowest BCUT2D eigenvalue weighted by atomic mass is 9.99. The maximum absolute atomic E-state index is 12.0. The molecule has 1 aliphatic heterocycles. The van der Waals surface area contributed by atoms with Crippen molar-refractivity contribution in [3.63, 3.8) is 0 Å². The molecule has 1 fully saturated rings. The normalized spacial score (nSPS) is 15.8. The minimum atomic E-state index is -0.246. The van der Waals surface area contributed by atoms with Crippen LogP contribution in [0.4, 0.5) is 0 Å². The van der Waals surface area contributed by atoms with E-state index in [2.05, 4.69) is 15.3 Å². The molecule has 0 spiro atoms. The zero-order chi connectivity index (χ0) is 14.4. The highest BCUT2D eigenvalue weighted by atomic mass is 16.5. The zero-order valence-electron chi connectivity index (χ0n) is 11.6. The summed E-state index contributed by atoms with van der Waals surface area (Å²) in [7, 11) is 0. The Morgan fingerprint density at radius 1 is 1.35 bits per heavy atom. The summed E-state index contributed by atoms with van der Waals surface area (Å²) in [6.45, 7) is 3.21. The first-order valence-corrected chi connectivity index (χ1v) is 6.88. The number of nitrogens with one attached hydrogen (secondary N) is 1. The van der Waals surface area contributed by atoms with Gasteiger partial charge in [0.25, 0.3) is 0 Å². The van der Waals surface area contributed by atoms with Gasteiger partial charge in [-0.3, -0.25) is 9.78 Å². The second-order valence-corrected chi connectivity index (χ2v) is 5.00. The van der Waals surface area contributed by atoms with Gasteiger partial charge in [-0.05, 0) is 39.3 Å². The lowest BCUT2D eigenvalue weighted by Crippen LogP contribution is -2.34. The average molecular weight is 277 g/mol. The highest BCUT2D eigenvalue weighted by molar-refractivity contribution is 5.75. The number of Topliss-reactive ketones (excluding diaryl/α,β-unsaturated/α-hetero) is 1. The summed E-state index contributed by atoms with van der Waals surface area (Å²) in [5.41, 5.74) is 0.663. The second-order valence-electron chi connectivity index (χ2n) is 5.00. The molecule has 108 valence electrons. The summed E-state index contributed by atoms with van der Waals surface area (Å²) in [5, 5.41) is 3.20. The third-order valence-electron chi connectivity index (χ3n) is 3.27. The number of aryl methyl sites for hydroxylation is 1. The van der Waals surface area contributed by atoms with E-state index in [0.29, 0.717) is 18.5 Å². The molecule has 1 N–H and O–H groups in total. The number of rotatable bonds is 5. The molecule has 1 saturated heterocycles. The van der Waals surface area contributed by atoms with Crippen LogP contribution >= 0.6 is 0 Å². The summed E-state index contributed by atoms with van der Waals surface area (Å²) >= 11 is 0. The van der Waals surface area contributed by atoms with Gasteiger partial charge < -0.3 is 14.8 Å². The maximum Gasteiger partial charge on any atom is 0.315 e. The highest BCUT2D eigenvalue weighted by Gasteiger charge is 2.23. The van der Waals surface area contributed by atoms with Gasteiger partial charge in [0.2, 0.25) is 5.88 Å². The third kappa shape index (κ3) is 4.38. The van der Waals surface area contributed by atoms with Gasteiger partial charge >= 0.3 is 5.97 Å². The fourth-order valence-corrected chi connectivity index (χ4v) is 2.10. The van der Waals surface area contributed by atoms with Crippen LogP contribution in [-0.4, -0.2) is 34.8 Å². The number of carbonyl (C=O) groups is 2. The fourth-order valence-electron chi connectivity index (χ4n) is 2.10. The van der Waals surface area contributed by atoms with Gasteiger partial charge in [0.05, 0.1) is 17.8 Å². The largest absolute Gasteiger partial charge is 0.406 e. The lowest BCUT2D eigenvalue weighted by molar-refractivity contribution is -0.140. The predicted molar refractivity (Wildman–Crippen MR) is 72.3 cm³/mol. The first-order valence-electron chi connectivity index (χ1n) is 6.88. The van der Waals surface area contributed by atoms with E-state index in [4.69, 9.17) is 4.74 Å². The Kier molecular flexibility index (Phi) is 5.17. The highest BCUT2D eigenvalue weighted by Crippen LogP contribution is 2.16. The number of ketones is 1. The molecule has 6 heteroatoms. The Balaban J connectivity index is 1.93. The Morgan fingerprint density at radius 3 is 2.80 bits per heavy atom. The van der Waals surface area contributed by atoms with Crippen molar-refractivity contribution >= 4 is 11.8 Å². The van der Waals surface area contributed by atoms with E-state index in [-0.39, 0.29) is 23.6 Å². The molecule has 0 radical (unpaired) electrons. The average Bonchev–Trinajstić information content (AvgIpc) is 2.46. The number of aromatic nitrogens is 2. The monoisotopic (exact) mass is 277 g/mol. The number of ether oxygens (including phenoxy) is 1. The molecule has 2 rings (SSSR count). The molecule has 0 aromatic carbocycles. The van der Waals surface area contributed by atoms with Crippen LogP contribution < -0.4 is 10.1 Å². The Morgan fingerprint density at radius 2 is 2.10 bits per heavy atom. The van der Waals surface area contributed by atoms with E-state index in [1.54, 1.807) is 6.20 Å². The third-order valence-corrected chi connectivity index (χ3v) is 3.27. The molecule has 6 nitrogen and oxygen atoms in total. The lowest BCUT2D eigenvalue weighted by Gasteiger charge is -2.20. The molecular formula is C14H19N3O3. The van der Waals surface area contributed by atoms with Crippen molar-refractivity contribution in [3.05, 3.63) is 18.1 Å². The van der Waals surface area contributed by atoms with Gasteiger partial charge in [-0.25, -0.2) is 4.98 Å². The van der Waals surface area contributed by atoms with Gasteiger partial charge in [-0.2, -0.15) is 0 Å². The van der Waals surface area contributed by atoms with E-state index < -0.39 is 0 Å². The van der Waals surface area contributed by atoms with Crippen molar-refractivity contribution in [2.45, 2.75) is 32.6 Å². The molecule has 1 aliphatic rings. The van der Waals surface area contributed by atoms with Crippen LogP contribution in [0.1, 0.15) is 31.9 Å².